The lowest BCUT2D eigenvalue weighted by Gasteiger charge is -1.98. The summed E-state index contributed by atoms with van der Waals surface area (Å²) in [6.45, 7) is 0.959. The van der Waals surface area contributed by atoms with Crippen molar-refractivity contribution in [2.75, 3.05) is 13.2 Å². The largest absolute Gasteiger partial charge is 0.315 e. The molecule has 5 heteroatoms. The van der Waals surface area contributed by atoms with Gasteiger partial charge in [-0.25, -0.2) is 0 Å². The van der Waals surface area contributed by atoms with Gasteiger partial charge in [-0.15, -0.1) is 0 Å². The van der Waals surface area contributed by atoms with E-state index >= 15 is 0 Å². The molecule has 0 aliphatic carbocycles. The number of aromatic amines is 1. The summed E-state index contributed by atoms with van der Waals surface area (Å²) < 4.78 is 11.6. The number of nitrogens with one attached hydrogen (secondary N) is 2. The summed E-state index contributed by atoms with van der Waals surface area (Å²) in [5, 5.41) is 4.78. The molecule has 0 atom stereocenters. The zero-order valence-electron chi connectivity index (χ0n) is 6.60. The number of hydrogen-bond donors (Lipinski definition) is 2. The molecule has 2 N–H and O–H groups in total. The molecule has 0 aliphatic heterocycles. The third-order valence-corrected chi connectivity index (χ3v) is 2.09. The van der Waals surface area contributed by atoms with Gasteiger partial charge in [0.25, 0.3) is 0 Å². The van der Waals surface area contributed by atoms with Gasteiger partial charge in [0.2, 0.25) is 0 Å². The van der Waals surface area contributed by atoms with Crippen molar-refractivity contribution >= 4 is 11.3 Å². The van der Waals surface area contributed by atoms with Gasteiger partial charge in [0.1, 0.15) is 0 Å². The number of hydrogen-bond acceptors (Lipinski definition) is 3. The van der Waals surface area contributed by atoms with Crippen molar-refractivity contribution in [2.45, 2.75) is 13.0 Å². The maximum Gasteiger partial charge on any atom is 0.304 e. The van der Waals surface area contributed by atoms with Gasteiger partial charge in [0.15, 0.2) is 0 Å². The van der Waals surface area contributed by atoms with Gasteiger partial charge in [-0.1, -0.05) is 11.3 Å². The van der Waals surface area contributed by atoms with Crippen LogP contribution in [-0.2, 0) is 6.54 Å². The molecule has 0 bridgehead atoms. The van der Waals surface area contributed by atoms with E-state index in [0.29, 0.717) is 19.5 Å². The quantitative estimate of drug-likeness (QED) is 0.677. The lowest BCUT2D eigenvalue weighted by atomic mass is 10.4. The number of H-pyrrole nitrogens is 1. The molecule has 1 heterocycles. The second-order valence-corrected chi connectivity index (χ2v) is 3.23. The first kappa shape index (κ1) is 9.41. The van der Waals surface area contributed by atoms with Gasteiger partial charge >= 0.3 is 4.87 Å². The Hall–Kier alpha value is -0.680. The van der Waals surface area contributed by atoms with Crippen LogP contribution in [0.25, 0.3) is 0 Å². The number of halogens is 1. The Morgan fingerprint density at radius 1 is 1.67 bits per heavy atom. The first-order valence-electron chi connectivity index (χ1n) is 3.76. The van der Waals surface area contributed by atoms with Gasteiger partial charge in [-0.3, -0.25) is 9.18 Å². The predicted molar refractivity (Wildman–Crippen MR) is 47.2 cm³/mol. The topological polar surface area (TPSA) is 44.9 Å². The molecule has 1 aromatic rings. The summed E-state index contributed by atoms with van der Waals surface area (Å²) >= 11 is 1.14. The zero-order chi connectivity index (χ0) is 8.81. The first-order valence-corrected chi connectivity index (χ1v) is 4.64. The fraction of sp³-hybridized carbons (Fsp3) is 0.571. The van der Waals surface area contributed by atoms with Crippen LogP contribution in [0.1, 0.15) is 12.1 Å². The second-order valence-electron chi connectivity index (χ2n) is 2.39. The Labute approximate surface area is 73.6 Å². The van der Waals surface area contributed by atoms with E-state index in [1.165, 1.54) is 0 Å². The maximum absolute atomic E-state index is 11.6. The highest BCUT2D eigenvalue weighted by Gasteiger charge is 1.94. The smallest absolute Gasteiger partial charge is 0.304 e. The minimum atomic E-state index is -0.298. The van der Waals surface area contributed by atoms with E-state index in [9.17, 15) is 9.18 Å². The van der Waals surface area contributed by atoms with Crippen molar-refractivity contribution in [1.82, 2.24) is 10.3 Å². The van der Waals surface area contributed by atoms with Crippen molar-refractivity contribution in [2.24, 2.45) is 0 Å². The Balaban J connectivity index is 2.20. The monoisotopic (exact) mass is 190 g/mol. The van der Waals surface area contributed by atoms with E-state index in [1.54, 1.807) is 5.38 Å². The molecule has 0 fully saturated rings. The molecule has 0 amide bonds. The summed E-state index contributed by atoms with van der Waals surface area (Å²) in [6, 6.07) is 0. The van der Waals surface area contributed by atoms with Crippen LogP contribution in [-0.4, -0.2) is 18.2 Å². The van der Waals surface area contributed by atoms with Gasteiger partial charge in [-0.05, 0) is 13.0 Å². The summed E-state index contributed by atoms with van der Waals surface area (Å²) in [5.41, 5.74) is 0.865. The molecule has 12 heavy (non-hydrogen) atoms. The summed E-state index contributed by atoms with van der Waals surface area (Å²) in [7, 11) is 0. The lowest BCUT2D eigenvalue weighted by molar-refractivity contribution is 0.458. The van der Waals surface area contributed by atoms with E-state index in [1.807, 2.05) is 0 Å². The fourth-order valence-corrected chi connectivity index (χ4v) is 1.40. The Kier molecular flexibility index (Phi) is 3.96. The lowest BCUT2D eigenvalue weighted by Crippen LogP contribution is -2.15. The average molecular weight is 190 g/mol. The van der Waals surface area contributed by atoms with Crippen LogP contribution >= 0.6 is 11.3 Å². The van der Waals surface area contributed by atoms with Crippen LogP contribution in [0.3, 0.4) is 0 Å². The maximum atomic E-state index is 11.6. The molecular formula is C7H11FN2OS. The highest BCUT2D eigenvalue weighted by molar-refractivity contribution is 7.07. The van der Waals surface area contributed by atoms with Crippen molar-refractivity contribution in [1.29, 1.82) is 0 Å². The van der Waals surface area contributed by atoms with Gasteiger partial charge < -0.3 is 10.3 Å². The third kappa shape index (κ3) is 3.15. The summed E-state index contributed by atoms with van der Waals surface area (Å²) in [4.78, 5) is 13.3. The molecule has 0 aromatic carbocycles. The molecule has 0 spiro atoms. The minimum Gasteiger partial charge on any atom is -0.315 e. The SMILES string of the molecule is O=c1[nH]c(CNCCCF)cs1. The molecule has 0 saturated carbocycles. The molecule has 3 nitrogen and oxygen atoms in total. The van der Waals surface area contributed by atoms with Crippen LogP contribution in [0.2, 0.25) is 0 Å². The summed E-state index contributed by atoms with van der Waals surface area (Å²) in [6.07, 6.45) is 0.522. The molecule has 68 valence electrons. The van der Waals surface area contributed by atoms with E-state index in [0.717, 1.165) is 17.0 Å². The van der Waals surface area contributed by atoms with Crippen LogP contribution in [0.4, 0.5) is 4.39 Å². The average Bonchev–Trinajstić information content (AvgIpc) is 2.45. The predicted octanol–water partition coefficient (Wildman–Crippen LogP) is 0.886. The molecular weight excluding hydrogens is 179 g/mol. The number of rotatable bonds is 5. The number of aromatic nitrogens is 1. The Morgan fingerprint density at radius 2 is 2.50 bits per heavy atom. The fourth-order valence-electron chi connectivity index (χ4n) is 0.815. The van der Waals surface area contributed by atoms with E-state index in [-0.39, 0.29) is 11.5 Å². The van der Waals surface area contributed by atoms with Crippen LogP contribution in [0.5, 0.6) is 0 Å². The van der Waals surface area contributed by atoms with Gasteiger partial charge in [0, 0.05) is 17.6 Å². The van der Waals surface area contributed by atoms with Crippen molar-refractivity contribution in [3.8, 4) is 0 Å². The molecule has 1 rings (SSSR count). The Bertz CT molecular complexity index is 270. The first-order chi connectivity index (χ1) is 5.83. The van der Waals surface area contributed by atoms with E-state index in [4.69, 9.17) is 0 Å². The van der Waals surface area contributed by atoms with Gasteiger partial charge in [-0.2, -0.15) is 0 Å². The summed E-state index contributed by atoms with van der Waals surface area (Å²) in [5.74, 6) is 0. The second kappa shape index (κ2) is 5.05. The van der Waals surface area contributed by atoms with Gasteiger partial charge in [0.05, 0.1) is 6.67 Å². The molecule has 0 unspecified atom stereocenters. The van der Waals surface area contributed by atoms with Crippen LogP contribution in [0.15, 0.2) is 10.2 Å². The zero-order valence-corrected chi connectivity index (χ0v) is 7.42. The van der Waals surface area contributed by atoms with E-state index < -0.39 is 0 Å². The highest BCUT2D eigenvalue weighted by Crippen LogP contribution is 1.94. The Morgan fingerprint density at radius 3 is 3.08 bits per heavy atom. The molecule has 0 saturated heterocycles. The molecule has 0 aliphatic rings. The van der Waals surface area contributed by atoms with Crippen LogP contribution < -0.4 is 10.2 Å². The molecule has 0 radical (unpaired) electrons. The number of thiazole rings is 1. The van der Waals surface area contributed by atoms with E-state index in [2.05, 4.69) is 10.3 Å². The standard InChI is InChI=1S/C7H11FN2OS/c8-2-1-3-9-4-6-5-12-7(11)10-6/h5,9H,1-4H2,(H,10,11). The molecule has 1 aromatic heterocycles. The minimum absolute atomic E-state index is 0.0442. The third-order valence-electron chi connectivity index (χ3n) is 1.37. The van der Waals surface area contributed by atoms with Crippen molar-refractivity contribution in [3.63, 3.8) is 0 Å². The number of alkyl halides is 1. The normalized spacial score (nSPS) is 10.4. The van der Waals surface area contributed by atoms with Crippen LogP contribution in [0, 0.1) is 0 Å². The van der Waals surface area contributed by atoms with Crippen molar-refractivity contribution < 1.29 is 4.39 Å². The highest BCUT2D eigenvalue weighted by atomic mass is 32.1. The van der Waals surface area contributed by atoms with Crippen molar-refractivity contribution in [3.05, 3.63) is 20.7 Å².